The van der Waals surface area contributed by atoms with Gasteiger partial charge in [0.05, 0.1) is 11.3 Å². The van der Waals surface area contributed by atoms with Crippen LogP contribution in [0.2, 0.25) is 0 Å². The van der Waals surface area contributed by atoms with Gasteiger partial charge in [0.25, 0.3) is 5.91 Å². The Kier molecular flexibility index (Phi) is 4.02. The molecule has 3 N–H and O–H groups in total. The van der Waals surface area contributed by atoms with E-state index in [4.69, 9.17) is 5.73 Å². The molecule has 3 aliphatic rings. The Morgan fingerprint density at radius 1 is 1.37 bits per heavy atom. The quantitative estimate of drug-likeness (QED) is 0.645. The second kappa shape index (κ2) is 6.51. The first-order valence-corrected chi connectivity index (χ1v) is 9.73. The molecule has 1 fully saturated rings. The number of aliphatic hydroxyl groups is 1. The monoisotopic (exact) mass is 402 g/mol. The zero-order valence-corrected chi connectivity index (χ0v) is 16.3. The second-order valence-electron chi connectivity index (χ2n) is 8.00. The van der Waals surface area contributed by atoms with Crippen molar-refractivity contribution in [2.45, 2.75) is 37.3 Å². The first-order valence-electron chi connectivity index (χ1n) is 9.73. The van der Waals surface area contributed by atoms with Crippen molar-refractivity contribution >= 4 is 5.91 Å². The molecule has 2 aromatic heterocycles. The lowest BCUT2D eigenvalue weighted by molar-refractivity contribution is 0.0995. The van der Waals surface area contributed by atoms with Crippen LogP contribution in [0.15, 0.2) is 42.7 Å². The van der Waals surface area contributed by atoms with Crippen LogP contribution in [-0.2, 0) is 5.60 Å². The largest absolute Gasteiger partial charge is 0.372 e. The molecule has 2 aliphatic heterocycles. The van der Waals surface area contributed by atoms with Crippen LogP contribution in [0.3, 0.4) is 0 Å². The van der Waals surface area contributed by atoms with Crippen molar-refractivity contribution in [3.8, 4) is 23.2 Å². The third-order valence-electron chi connectivity index (χ3n) is 5.92. The smallest absolute Gasteiger partial charge is 0.268 e. The summed E-state index contributed by atoms with van der Waals surface area (Å²) >= 11 is 0. The number of rotatable bonds is 2. The van der Waals surface area contributed by atoms with Gasteiger partial charge in [0.15, 0.2) is 5.60 Å². The topological polar surface area (TPSA) is 94.0 Å². The van der Waals surface area contributed by atoms with E-state index in [9.17, 15) is 14.3 Å². The maximum atomic E-state index is 14.9. The molecule has 2 bridgehead atoms. The molecule has 1 amide bonds. The maximum absolute atomic E-state index is 14.9. The highest BCUT2D eigenvalue weighted by Gasteiger charge is 2.39. The van der Waals surface area contributed by atoms with Crippen LogP contribution in [0.5, 0.6) is 0 Å². The van der Waals surface area contributed by atoms with Gasteiger partial charge in [0, 0.05) is 24.0 Å². The number of hydrogen-bond acceptors (Lipinski definition) is 4. The Morgan fingerprint density at radius 2 is 2.17 bits per heavy atom. The van der Waals surface area contributed by atoms with Crippen LogP contribution in [0.4, 0.5) is 4.39 Å². The van der Waals surface area contributed by atoms with E-state index >= 15 is 0 Å². The van der Waals surface area contributed by atoms with Gasteiger partial charge in [-0.15, -0.1) is 0 Å². The zero-order chi connectivity index (χ0) is 21.0. The van der Waals surface area contributed by atoms with Crippen LogP contribution < -0.4 is 5.73 Å². The molecular weight excluding hydrogens is 383 g/mol. The predicted molar refractivity (Wildman–Crippen MR) is 108 cm³/mol. The summed E-state index contributed by atoms with van der Waals surface area (Å²) in [5, 5.41) is 10.7. The molecule has 6 nitrogen and oxygen atoms in total. The summed E-state index contributed by atoms with van der Waals surface area (Å²) in [5.74, 6) is 5.30. The van der Waals surface area contributed by atoms with Gasteiger partial charge in [-0.05, 0) is 55.5 Å². The highest BCUT2D eigenvalue weighted by molar-refractivity contribution is 5.91. The molecule has 4 heterocycles. The molecule has 7 heteroatoms. The van der Waals surface area contributed by atoms with E-state index in [2.05, 4.69) is 21.8 Å². The standard InChI is InChI=1S/C23H19FN4O2/c1-23(30,20-4-2-3-7-26-20)6-5-13-10-17-16(11-18(13)24)14-8-15(9-14)28-12-19(21(25)29)27-22(17)28/h2-4,7,10-12,14-15,30H,8-9H2,1H3,(H2,25,29)/t14?,15?,23-/m1/s1. The number of amides is 1. The van der Waals surface area contributed by atoms with E-state index in [1.165, 1.54) is 13.0 Å². The molecular formula is C23H19FN4O2. The molecule has 1 aromatic carbocycles. The van der Waals surface area contributed by atoms with Gasteiger partial charge in [0.1, 0.15) is 17.3 Å². The number of halogens is 1. The Morgan fingerprint density at radius 3 is 2.87 bits per heavy atom. The summed E-state index contributed by atoms with van der Waals surface area (Å²) in [5.41, 5.74) is 6.23. The van der Waals surface area contributed by atoms with E-state index in [-0.39, 0.29) is 23.2 Å². The number of nitrogens with zero attached hydrogens (tertiary/aromatic N) is 3. The first kappa shape index (κ1) is 18.5. The molecule has 1 aliphatic carbocycles. The van der Waals surface area contributed by atoms with Gasteiger partial charge in [-0.25, -0.2) is 9.37 Å². The number of imidazole rings is 1. The lowest BCUT2D eigenvalue weighted by Crippen LogP contribution is -2.22. The number of benzene rings is 1. The average Bonchev–Trinajstić information content (AvgIpc) is 3.03. The van der Waals surface area contributed by atoms with Crippen LogP contribution in [0.25, 0.3) is 11.4 Å². The SMILES string of the molecule is C[C@@](O)(C#Cc1cc2c(cc1F)C1CC(C1)n1cc(C(N)=O)nc1-2)c1ccccn1. The zero-order valence-electron chi connectivity index (χ0n) is 16.3. The lowest BCUT2D eigenvalue weighted by atomic mass is 9.75. The van der Waals surface area contributed by atoms with Crippen LogP contribution in [0.1, 0.15) is 59.0 Å². The number of primary amides is 1. The summed E-state index contributed by atoms with van der Waals surface area (Å²) in [6.07, 6.45) is 4.98. The molecule has 0 spiro atoms. The molecule has 0 saturated heterocycles. The van der Waals surface area contributed by atoms with Gasteiger partial charge in [-0.1, -0.05) is 17.9 Å². The van der Waals surface area contributed by atoms with Crippen molar-refractivity contribution in [2.75, 3.05) is 0 Å². The molecule has 3 aromatic rings. The van der Waals surface area contributed by atoms with Crippen LogP contribution in [-0.4, -0.2) is 25.5 Å². The number of carbonyl (C=O) groups excluding carboxylic acids is 1. The summed E-state index contributed by atoms with van der Waals surface area (Å²) in [7, 11) is 0. The van der Waals surface area contributed by atoms with Crippen LogP contribution >= 0.6 is 0 Å². The fourth-order valence-electron chi connectivity index (χ4n) is 4.18. The predicted octanol–water partition coefficient (Wildman–Crippen LogP) is 2.87. The van der Waals surface area contributed by atoms with Crippen molar-refractivity contribution in [3.05, 3.63) is 71.1 Å². The first-order chi connectivity index (χ1) is 14.3. The summed E-state index contributed by atoms with van der Waals surface area (Å²) in [6, 6.07) is 8.54. The van der Waals surface area contributed by atoms with Gasteiger partial charge in [-0.3, -0.25) is 9.78 Å². The summed E-state index contributed by atoms with van der Waals surface area (Å²) in [4.78, 5) is 20.2. The van der Waals surface area contributed by atoms with E-state index in [1.54, 1.807) is 36.7 Å². The Labute approximate surface area is 172 Å². The Balaban J connectivity index is 1.61. The lowest BCUT2D eigenvalue weighted by Gasteiger charge is -2.34. The van der Waals surface area contributed by atoms with Gasteiger partial charge >= 0.3 is 0 Å². The maximum Gasteiger partial charge on any atom is 0.268 e. The van der Waals surface area contributed by atoms with E-state index in [0.29, 0.717) is 11.5 Å². The minimum atomic E-state index is -1.53. The number of hydrogen-bond donors (Lipinski definition) is 2. The third-order valence-corrected chi connectivity index (χ3v) is 5.92. The van der Waals surface area contributed by atoms with Crippen LogP contribution in [0, 0.1) is 17.7 Å². The summed E-state index contributed by atoms with van der Waals surface area (Å²) < 4.78 is 16.8. The van der Waals surface area contributed by atoms with E-state index in [1.807, 2.05) is 4.57 Å². The second-order valence-corrected chi connectivity index (χ2v) is 8.00. The minimum Gasteiger partial charge on any atom is -0.372 e. The van der Waals surface area contributed by atoms with Crippen molar-refractivity contribution < 1.29 is 14.3 Å². The van der Waals surface area contributed by atoms with Gasteiger partial charge in [0.2, 0.25) is 0 Å². The fourth-order valence-corrected chi connectivity index (χ4v) is 4.18. The van der Waals surface area contributed by atoms with Crippen molar-refractivity contribution in [2.24, 2.45) is 5.73 Å². The van der Waals surface area contributed by atoms with Gasteiger partial charge in [-0.2, -0.15) is 0 Å². The van der Waals surface area contributed by atoms with Crippen molar-refractivity contribution in [1.82, 2.24) is 14.5 Å². The molecule has 150 valence electrons. The fraction of sp³-hybridized carbons (Fsp3) is 0.261. The van der Waals surface area contributed by atoms with Gasteiger partial charge < -0.3 is 15.4 Å². The average molecular weight is 402 g/mol. The molecule has 1 atom stereocenters. The third kappa shape index (κ3) is 2.88. The molecule has 6 rings (SSSR count). The highest BCUT2D eigenvalue weighted by Crippen LogP contribution is 2.52. The molecule has 30 heavy (non-hydrogen) atoms. The Bertz CT molecular complexity index is 1230. The highest BCUT2D eigenvalue weighted by atomic mass is 19.1. The number of pyridine rings is 1. The Hall–Kier alpha value is -3.50. The molecule has 0 unspecified atom stereocenters. The van der Waals surface area contributed by atoms with Crippen molar-refractivity contribution in [1.29, 1.82) is 0 Å². The normalized spacial score (nSPS) is 20.5. The minimum absolute atomic E-state index is 0.152. The van der Waals surface area contributed by atoms with E-state index in [0.717, 1.165) is 24.0 Å². The summed E-state index contributed by atoms with van der Waals surface area (Å²) in [6.45, 7) is 1.52. The molecule has 1 saturated carbocycles. The van der Waals surface area contributed by atoms with Crippen molar-refractivity contribution in [3.63, 3.8) is 0 Å². The number of aromatic nitrogens is 3. The number of carbonyl (C=O) groups is 1. The molecule has 0 radical (unpaired) electrons. The van der Waals surface area contributed by atoms with E-state index < -0.39 is 17.3 Å². The number of nitrogens with two attached hydrogens (primary N) is 1.